The Labute approximate surface area is 176 Å². The third-order valence-corrected chi connectivity index (χ3v) is 6.97. The highest BCUT2D eigenvalue weighted by Crippen LogP contribution is 2.30. The predicted molar refractivity (Wildman–Crippen MR) is 114 cm³/mol. The van der Waals surface area contributed by atoms with E-state index in [1.54, 1.807) is 11.8 Å². The number of thioether (sulfide) groups is 1. The minimum absolute atomic E-state index is 0.0196. The largest absolute Gasteiger partial charge is 0.493 e. The number of hydrogen-bond acceptors (Lipinski definition) is 6. The molecule has 0 aliphatic rings. The number of hydrogen-bond donors (Lipinski definition) is 1. The highest BCUT2D eigenvalue weighted by Gasteiger charge is 2.25. The molecule has 158 valence electrons. The van der Waals surface area contributed by atoms with E-state index in [9.17, 15) is 13.2 Å². The molecule has 0 aromatic heterocycles. The standard InChI is InChI=1S/C20H26N2O5S2/c1-14(15-6-8-16(28-5)9-7-15)21-20(23)13-22(2)29(24,25)17-10-11-18(26-3)19(12-17)27-4/h6-12,14H,13H2,1-5H3,(H,21,23). The number of methoxy groups -OCH3 is 2. The summed E-state index contributed by atoms with van der Waals surface area (Å²) in [5.74, 6) is 0.333. The van der Waals surface area contributed by atoms with E-state index in [1.807, 2.05) is 37.4 Å². The first-order chi connectivity index (χ1) is 13.7. The number of carbonyl (C=O) groups is 1. The van der Waals surface area contributed by atoms with Crippen molar-refractivity contribution in [3.63, 3.8) is 0 Å². The van der Waals surface area contributed by atoms with Gasteiger partial charge in [0.1, 0.15) is 0 Å². The maximum Gasteiger partial charge on any atom is 0.243 e. The normalized spacial score (nSPS) is 12.5. The summed E-state index contributed by atoms with van der Waals surface area (Å²) in [6.45, 7) is 1.55. The van der Waals surface area contributed by atoms with Gasteiger partial charge < -0.3 is 14.8 Å². The minimum Gasteiger partial charge on any atom is -0.493 e. The Kier molecular flexibility index (Phi) is 7.95. The molecule has 2 aromatic carbocycles. The Hall–Kier alpha value is -2.23. The molecule has 0 saturated heterocycles. The number of rotatable bonds is 9. The Morgan fingerprint density at radius 3 is 2.28 bits per heavy atom. The fourth-order valence-electron chi connectivity index (χ4n) is 2.71. The highest BCUT2D eigenvalue weighted by atomic mass is 32.2. The van der Waals surface area contributed by atoms with Crippen LogP contribution in [0.1, 0.15) is 18.5 Å². The summed E-state index contributed by atoms with van der Waals surface area (Å²) >= 11 is 1.64. The van der Waals surface area contributed by atoms with Crippen LogP contribution in [0.3, 0.4) is 0 Å². The van der Waals surface area contributed by atoms with Gasteiger partial charge in [-0.15, -0.1) is 11.8 Å². The number of benzene rings is 2. The van der Waals surface area contributed by atoms with Crippen LogP contribution in [0.4, 0.5) is 0 Å². The van der Waals surface area contributed by atoms with Gasteiger partial charge in [0.15, 0.2) is 11.5 Å². The number of nitrogens with one attached hydrogen (secondary N) is 1. The zero-order chi connectivity index (χ0) is 21.6. The van der Waals surface area contributed by atoms with E-state index in [1.165, 1.54) is 39.5 Å². The van der Waals surface area contributed by atoms with Gasteiger partial charge in [-0.05, 0) is 43.0 Å². The van der Waals surface area contributed by atoms with Gasteiger partial charge >= 0.3 is 0 Å². The van der Waals surface area contributed by atoms with Crippen LogP contribution in [0.15, 0.2) is 52.3 Å². The topological polar surface area (TPSA) is 84.9 Å². The lowest BCUT2D eigenvalue weighted by molar-refractivity contribution is -0.121. The summed E-state index contributed by atoms with van der Waals surface area (Å²) in [5.41, 5.74) is 0.946. The molecule has 0 fully saturated rings. The van der Waals surface area contributed by atoms with Crippen LogP contribution in [0.2, 0.25) is 0 Å². The number of nitrogens with zero attached hydrogens (tertiary/aromatic N) is 1. The fraction of sp³-hybridized carbons (Fsp3) is 0.350. The van der Waals surface area contributed by atoms with Gasteiger partial charge in [0.05, 0.1) is 31.7 Å². The summed E-state index contributed by atoms with van der Waals surface area (Å²) in [6, 6.07) is 11.9. The van der Waals surface area contributed by atoms with Crippen LogP contribution in [0.25, 0.3) is 0 Å². The molecule has 0 aliphatic heterocycles. The van der Waals surface area contributed by atoms with E-state index in [4.69, 9.17) is 9.47 Å². The Bertz CT molecular complexity index is 946. The average Bonchev–Trinajstić information content (AvgIpc) is 2.72. The van der Waals surface area contributed by atoms with E-state index >= 15 is 0 Å². The molecule has 2 aromatic rings. The van der Waals surface area contributed by atoms with E-state index in [0.717, 1.165) is 14.8 Å². The van der Waals surface area contributed by atoms with Crippen molar-refractivity contribution in [3.05, 3.63) is 48.0 Å². The van der Waals surface area contributed by atoms with Gasteiger partial charge in [0, 0.05) is 18.0 Å². The Balaban J connectivity index is 2.07. The van der Waals surface area contributed by atoms with Crippen LogP contribution in [-0.4, -0.2) is 52.7 Å². The molecule has 0 radical (unpaired) electrons. The first kappa shape index (κ1) is 23.1. The number of amides is 1. The fourth-order valence-corrected chi connectivity index (χ4v) is 4.26. The summed E-state index contributed by atoms with van der Waals surface area (Å²) in [6.07, 6.45) is 1.99. The number of ether oxygens (including phenoxy) is 2. The molecule has 0 spiro atoms. The first-order valence-corrected chi connectivity index (χ1v) is 11.5. The van der Waals surface area contributed by atoms with E-state index in [-0.39, 0.29) is 17.5 Å². The second-order valence-electron chi connectivity index (χ2n) is 6.34. The summed E-state index contributed by atoms with van der Waals surface area (Å²) in [5, 5.41) is 2.83. The molecule has 0 saturated carbocycles. The van der Waals surface area contributed by atoms with Crippen LogP contribution in [0.5, 0.6) is 11.5 Å². The molecule has 1 unspecified atom stereocenters. The van der Waals surface area contributed by atoms with Crippen molar-refractivity contribution in [2.75, 3.05) is 34.1 Å². The molecule has 1 N–H and O–H groups in total. The quantitative estimate of drug-likeness (QED) is 0.606. The third kappa shape index (κ3) is 5.65. The average molecular weight is 439 g/mol. The molecule has 1 atom stereocenters. The molecule has 7 nitrogen and oxygen atoms in total. The van der Waals surface area contributed by atoms with Gasteiger partial charge in [-0.25, -0.2) is 8.42 Å². The van der Waals surface area contributed by atoms with Crippen molar-refractivity contribution in [2.45, 2.75) is 22.8 Å². The van der Waals surface area contributed by atoms with Gasteiger partial charge in [0.2, 0.25) is 15.9 Å². The molecule has 1 amide bonds. The van der Waals surface area contributed by atoms with E-state index < -0.39 is 15.9 Å². The van der Waals surface area contributed by atoms with Crippen LogP contribution >= 0.6 is 11.8 Å². The summed E-state index contributed by atoms with van der Waals surface area (Å²) in [7, 11) is 0.397. The van der Waals surface area contributed by atoms with Gasteiger partial charge in [-0.1, -0.05) is 12.1 Å². The van der Waals surface area contributed by atoms with Crippen molar-refractivity contribution in [1.29, 1.82) is 0 Å². The van der Waals surface area contributed by atoms with Crippen molar-refractivity contribution in [2.24, 2.45) is 0 Å². The van der Waals surface area contributed by atoms with Crippen LogP contribution < -0.4 is 14.8 Å². The molecule has 29 heavy (non-hydrogen) atoms. The monoisotopic (exact) mass is 438 g/mol. The van der Waals surface area contributed by atoms with E-state index in [2.05, 4.69) is 5.32 Å². The lowest BCUT2D eigenvalue weighted by Gasteiger charge is -2.20. The van der Waals surface area contributed by atoms with Crippen molar-refractivity contribution in [1.82, 2.24) is 9.62 Å². The number of carbonyl (C=O) groups excluding carboxylic acids is 1. The molecule has 0 bridgehead atoms. The van der Waals surface area contributed by atoms with Crippen LogP contribution in [-0.2, 0) is 14.8 Å². The molecule has 0 aliphatic carbocycles. The lowest BCUT2D eigenvalue weighted by Crippen LogP contribution is -2.39. The molecule has 0 heterocycles. The number of sulfonamides is 1. The summed E-state index contributed by atoms with van der Waals surface area (Å²) < 4.78 is 36.9. The third-order valence-electron chi connectivity index (χ3n) is 4.42. The molecular weight excluding hydrogens is 412 g/mol. The number of likely N-dealkylation sites (N-methyl/N-ethyl adjacent to an activating group) is 1. The lowest BCUT2D eigenvalue weighted by atomic mass is 10.1. The highest BCUT2D eigenvalue weighted by molar-refractivity contribution is 7.98. The minimum atomic E-state index is -3.87. The second-order valence-corrected chi connectivity index (χ2v) is 9.26. The molecular formula is C20H26N2O5S2. The van der Waals surface area contributed by atoms with Gasteiger partial charge in [0.25, 0.3) is 0 Å². The SMILES string of the molecule is COc1ccc(S(=O)(=O)N(C)CC(=O)NC(C)c2ccc(SC)cc2)cc1OC. The van der Waals surface area contributed by atoms with E-state index in [0.29, 0.717) is 11.5 Å². The van der Waals surface area contributed by atoms with Crippen molar-refractivity contribution >= 4 is 27.7 Å². The second kappa shape index (κ2) is 10.00. The Morgan fingerprint density at radius 1 is 1.10 bits per heavy atom. The summed E-state index contributed by atoms with van der Waals surface area (Å²) in [4.78, 5) is 13.5. The molecule has 9 heteroatoms. The zero-order valence-corrected chi connectivity index (χ0v) is 18.8. The Morgan fingerprint density at radius 2 is 1.72 bits per heavy atom. The predicted octanol–water partition coefficient (Wildman–Crippen LogP) is 2.92. The van der Waals surface area contributed by atoms with Crippen molar-refractivity contribution < 1.29 is 22.7 Å². The molecule has 2 rings (SSSR count). The maximum atomic E-state index is 12.8. The zero-order valence-electron chi connectivity index (χ0n) is 17.1. The first-order valence-electron chi connectivity index (χ1n) is 8.84. The van der Waals surface area contributed by atoms with Gasteiger partial charge in [-0.3, -0.25) is 4.79 Å². The van der Waals surface area contributed by atoms with Crippen LogP contribution in [0, 0.1) is 0 Å². The maximum absolute atomic E-state index is 12.8. The van der Waals surface area contributed by atoms with Crippen molar-refractivity contribution in [3.8, 4) is 11.5 Å². The smallest absolute Gasteiger partial charge is 0.243 e. The van der Waals surface area contributed by atoms with Gasteiger partial charge in [-0.2, -0.15) is 4.31 Å².